The number of rotatable bonds is 14. The number of carboxylic acids is 1. The van der Waals surface area contributed by atoms with Gasteiger partial charge in [0.25, 0.3) is 0 Å². The summed E-state index contributed by atoms with van der Waals surface area (Å²) < 4.78 is 5.77. The lowest BCUT2D eigenvalue weighted by atomic mass is 10.1. The number of hydrogen-bond acceptors (Lipinski definition) is 4. The molecule has 5 nitrogen and oxygen atoms in total. The van der Waals surface area contributed by atoms with E-state index in [1.807, 2.05) is 27.2 Å². The number of unbranched alkanes of at least 4 members (excludes halogenated alkanes) is 7. The molecule has 0 rings (SSSR count). The quantitative estimate of drug-likeness (QED) is 0.211. The second-order valence-corrected chi connectivity index (χ2v) is 7.42. The van der Waals surface area contributed by atoms with Crippen LogP contribution in [0.4, 0.5) is 0 Å². The van der Waals surface area contributed by atoms with Gasteiger partial charge in [0.15, 0.2) is 6.10 Å². The van der Waals surface area contributed by atoms with Crippen LogP contribution in [0.1, 0.15) is 64.7 Å². The number of carbonyl (C=O) groups excluding carboxylic acids is 2. The Balaban J connectivity index is 3.99. The van der Waals surface area contributed by atoms with E-state index in [2.05, 4.69) is 6.92 Å². The summed E-state index contributed by atoms with van der Waals surface area (Å²) in [5.74, 6) is -1.68. The molecule has 0 N–H and O–H groups in total. The zero-order valence-electron chi connectivity index (χ0n) is 15.9. The van der Waals surface area contributed by atoms with Gasteiger partial charge >= 0.3 is 5.97 Å². The SMILES string of the molecule is CCCCCCCCCC=CC(=O)O[C@H](CC(=O)[O-])C[N+](C)(C)C. The van der Waals surface area contributed by atoms with Crippen LogP contribution in [0.3, 0.4) is 0 Å². The van der Waals surface area contributed by atoms with Gasteiger partial charge in [-0.15, -0.1) is 0 Å². The van der Waals surface area contributed by atoms with Crippen LogP contribution >= 0.6 is 0 Å². The maximum Gasteiger partial charge on any atom is 0.330 e. The molecule has 0 aromatic carbocycles. The molecule has 0 radical (unpaired) electrons. The number of nitrogens with zero attached hydrogens (tertiary/aromatic N) is 1. The molecule has 0 amide bonds. The fraction of sp³-hybridized carbons (Fsp3) is 0.789. The summed E-state index contributed by atoms with van der Waals surface area (Å²) in [6, 6.07) is 0. The van der Waals surface area contributed by atoms with Gasteiger partial charge in [-0.05, 0) is 12.8 Å². The lowest BCUT2D eigenvalue weighted by molar-refractivity contribution is -0.873. The van der Waals surface area contributed by atoms with Crippen molar-refractivity contribution in [1.82, 2.24) is 0 Å². The average molecular weight is 341 g/mol. The first-order valence-electron chi connectivity index (χ1n) is 9.12. The lowest BCUT2D eigenvalue weighted by Crippen LogP contribution is -2.45. The number of ether oxygens (including phenoxy) is 1. The molecule has 0 aromatic heterocycles. The van der Waals surface area contributed by atoms with Crippen molar-refractivity contribution in [3.05, 3.63) is 12.2 Å². The normalized spacial score (nSPS) is 13.2. The summed E-state index contributed by atoms with van der Waals surface area (Å²) in [5, 5.41) is 10.8. The van der Waals surface area contributed by atoms with Crippen LogP contribution in [0, 0.1) is 0 Å². The Hall–Kier alpha value is -1.36. The van der Waals surface area contributed by atoms with Gasteiger partial charge in [-0.1, -0.05) is 51.5 Å². The highest BCUT2D eigenvalue weighted by Crippen LogP contribution is 2.09. The second kappa shape index (κ2) is 13.0. The van der Waals surface area contributed by atoms with E-state index in [9.17, 15) is 14.7 Å². The Morgan fingerprint density at radius 2 is 1.62 bits per heavy atom. The largest absolute Gasteiger partial charge is 0.550 e. The number of esters is 1. The van der Waals surface area contributed by atoms with Gasteiger partial charge in [0, 0.05) is 18.5 Å². The molecule has 0 bridgehead atoms. The van der Waals surface area contributed by atoms with Crippen LogP contribution in [0.5, 0.6) is 0 Å². The van der Waals surface area contributed by atoms with E-state index >= 15 is 0 Å². The fourth-order valence-electron chi connectivity index (χ4n) is 2.54. The van der Waals surface area contributed by atoms with Crippen molar-refractivity contribution in [1.29, 1.82) is 0 Å². The first-order chi connectivity index (χ1) is 11.2. The Morgan fingerprint density at radius 3 is 2.17 bits per heavy atom. The molecule has 0 unspecified atom stereocenters. The van der Waals surface area contributed by atoms with Gasteiger partial charge in [0.05, 0.1) is 21.1 Å². The van der Waals surface area contributed by atoms with E-state index in [-0.39, 0.29) is 6.42 Å². The van der Waals surface area contributed by atoms with Crippen LogP contribution < -0.4 is 5.11 Å². The highest BCUT2D eigenvalue weighted by atomic mass is 16.5. The van der Waals surface area contributed by atoms with Crippen molar-refractivity contribution in [3.8, 4) is 0 Å². The maximum absolute atomic E-state index is 11.8. The number of allylic oxidation sites excluding steroid dienone is 1. The molecule has 0 fully saturated rings. The number of carbonyl (C=O) groups is 2. The van der Waals surface area contributed by atoms with Gasteiger partial charge in [-0.2, -0.15) is 0 Å². The smallest absolute Gasteiger partial charge is 0.330 e. The van der Waals surface area contributed by atoms with E-state index < -0.39 is 18.0 Å². The van der Waals surface area contributed by atoms with E-state index in [4.69, 9.17) is 4.74 Å². The Morgan fingerprint density at radius 1 is 1.04 bits per heavy atom. The number of carboxylic acid groups (broad SMARTS) is 1. The first kappa shape index (κ1) is 22.6. The molecule has 0 heterocycles. The molecule has 24 heavy (non-hydrogen) atoms. The van der Waals surface area contributed by atoms with Crippen LogP contribution in [0.2, 0.25) is 0 Å². The highest BCUT2D eigenvalue weighted by Gasteiger charge is 2.21. The van der Waals surface area contributed by atoms with Crippen LogP contribution in [0.25, 0.3) is 0 Å². The van der Waals surface area contributed by atoms with E-state index in [0.29, 0.717) is 11.0 Å². The highest BCUT2D eigenvalue weighted by molar-refractivity contribution is 5.82. The lowest BCUT2D eigenvalue weighted by Gasteiger charge is -2.29. The summed E-state index contributed by atoms with van der Waals surface area (Å²) in [6.07, 6.45) is 11.8. The topological polar surface area (TPSA) is 66.4 Å². The third kappa shape index (κ3) is 15.5. The molecule has 0 spiro atoms. The minimum atomic E-state index is -1.20. The summed E-state index contributed by atoms with van der Waals surface area (Å²) >= 11 is 0. The molecule has 1 atom stereocenters. The predicted octanol–water partition coefficient (Wildman–Crippen LogP) is 2.44. The maximum atomic E-state index is 11.8. The molecule has 0 saturated heterocycles. The zero-order chi connectivity index (χ0) is 18.4. The summed E-state index contributed by atoms with van der Waals surface area (Å²) in [6.45, 7) is 2.65. The molecule has 140 valence electrons. The van der Waals surface area contributed by atoms with Crippen molar-refractivity contribution in [2.24, 2.45) is 0 Å². The Kier molecular flexibility index (Phi) is 12.3. The molecular weight excluding hydrogens is 306 g/mol. The molecule has 0 aliphatic carbocycles. The fourth-order valence-corrected chi connectivity index (χ4v) is 2.54. The van der Waals surface area contributed by atoms with Gasteiger partial charge in [-0.3, -0.25) is 0 Å². The summed E-state index contributed by atoms with van der Waals surface area (Å²) in [4.78, 5) is 22.6. The van der Waals surface area contributed by atoms with Gasteiger partial charge in [-0.25, -0.2) is 4.79 Å². The zero-order valence-corrected chi connectivity index (χ0v) is 15.9. The second-order valence-electron chi connectivity index (χ2n) is 7.42. The predicted molar refractivity (Wildman–Crippen MR) is 94.2 cm³/mol. The van der Waals surface area contributed by atoms with E-state index in [0.717, 1.165) is 12.8 Å². The molecule has 0 aliphatic rings. The third-order valence-electron chi connectivity index (χ3n) is 3.66. The third-order valence-corrected chi connectivity index (χ3v) is 3.66. The standard InChI is InChI=1S/C19H35NO4/c1-5-6-7-8-9-10-11-12-13-14-19(23)24-17(15-18(21)22)16-20(2,3)4/h13-14,17H,5-12,15-16H2,1-4H3/t17-/m1/s1. The van der Waals surface area contributed by atoms with Crippen LogP contribution in [-0.4, -0.2) is 50.2 Å². The van der Waals surface area contributed by atoms with Crippen molar-refractivity contribution >= 4 is 11.9 Å². The average Bonchev–Trinajstić information content (AvgIpc) is 2.42. The van der Waals surface area contributed by atoms with Crippen molar-refractivity contribution in [3.63, 3.8) is 0 Å². The number of likely N-dealkylation sites (N-methyl/N-ethyl adjacent to an activating group) is 1. The van der Waals surface area contributed by atoms with Gasteiger partial charge < -0.3 is 19.1 Å². The minimum Gasteiger partial charge on any atom is -0.550 e. The minimum absolute atomic E-state index is 0.271. The number of hydrogen-bond donors (Lipinski definition) is 0. The van der Waals surface area contributed by atoms with E-state index in [1.165, 1.54) is 44.6 Å². The number of quaternary nitrogens is 1. The Labute approximate surface area is 147 Å². The van der Waals surface area contributed by atoms with E-state index in [1.54, 1.807) is 0 Å². The first-order valence-corrected chi connectivity index (χ1v) is 9.12. The van der Waals surface area contributed by atoms with Crippen molar-refractivity contribution in [2.75, 3.05) is 27.7 Å². The number of aliphatic carboxylic acids is 1. The molecule has 5 heteroatoms. The monoisotopic (exact) mass is 341 g/mol. The van der Waals surface area contributed by atoms with Gasteiger partial charge in [0.2, 0.25) is 0 Å². The summed E-state index contributed by atoms with van der Waals surface area (Å²) in [7, 11) is 5.77. The van der Waals surface area contributed by atoms with Crippen molar-refractivity contribution in [2.45, 2.75) is 70.8 Å². The van der Waals surface area contributed by atoms with Crippen molar-refractivity contribution < 1.29 is 23.9 Å². The molecular formula is C19H35NO4. The van der Waals surface area contributed by atoms with Crippen LogP contribution in [0.15, 0.2) is 12.2 Å². The molecule has 0 aliphatic heterocycles. The van der Waals surface area contributed by atoms with Crippen LogP contribution in [-0.2, 0) is 14.3 Å². The molecule has 0 aromatic rings. The summed E-state index contributed by atoms with van der Waals surface area (Å²) in [5.41, 5.74) is 0. The molecule has 0 saturated carbocycles. The Bertz CT molecular complexity index is 385. The van der Waals surface area contributed by atoms with Gasteiger partial charge in [0.1, 0.15) is 6.54 Å².